The van der Waals surface area contributed by atoms with Crippen molar-refractivity contribution in [2.24, 2.45) is 0 Å². The predicted molar refractivity (Wildman–Crippen MR) is 109 cm³/mol. The summed E-state index contributed by atoms with van der Waals surface area (Å²) in [6.45, 7) is 6.16. The maximum absolute atomic E-state index is 13.5. The van der Waals surface area contributed by atoms with Gasteiger partial charge in [0.1, 0.15) is 5.76 Å². The highest BCUT2D eigenvalue weighted by Gasteiger charge is 2.56. The summed E-state index contributed by atoms with van der Waals surface area (Å²) >= 11 is 1.55. The number of hydrogen-bond acceptors (Lipinski definition) is 7. The lowest BCUT2D eigenvalue weighted by atomic mass is 9.89. The van der Waals surface area contributed by atoms with Gasteiger partial charge in [0, 0.05) is 31.1 Å². The van der Waals surface area contributed by atoms with Crippen molar-refractivity contribution in [2.75, 3.05) is 13.1 Å². The number of likely N-dealkylation sites (tertiary alicyclic amines) is 1. The molecule has 1 spiro atoms. The van der Waals surface area contributed by atoms with Crippen LogP contribution in [0.2, 0.25) is 0 Å². The SMILES string of the molecule is Cc1cc(CN2CCC3(C2)c2ccccc2S(=O)(=O)N3Cc2csc(C)n2)no1. The van der Waals surface area contributed by atoms with Crippen LogP contribution >= 0.6 is 11.3 Å². The zero-order valence-electron chi connectivity index (χ0n) is 16.3. The van der Waals surface area contributed by atoms with E-state index in [9.17, 15) is 8.42 Å². The molecule has 0 N–H and O–H groups in total. The third kappa shape index (κ3) is 3.04. The van der Waals surface area contributed by atoms with Crippen LogP contribution in [0.3, 0.4) is 0 Å². The summed E-state index contributed by atoms with van der Waals surface area (Å²) in [5.41, 5.74) is 1.99. The average molecular weight is 431 g/mol. The van der Waals surface area contributed by atoms with Crippen molar-refractivity contribution in [2.45, 2.75) is 43.8 Å². The fraction of sp³-hybridized carbons (Fsp3) is 0.400. The highest BCUT2D eigenvalue weighted by atomic mass is 32.2. The van der Waals surface area contributed by atoms with E-state index in [1.165, 1.54) is 0 Å². The topological polar surface area (TPSA) is 79.5 Å². The van der Waals surface area contributed by atoms with Gasteiger partial charge in [0.15, 0.2) is 0 Å². The van der Waals surface area contributed by atoms with E-state index in [1.54, 1.807) is 27.8 Å². The number of fused-ring (bicyclic) bond motifs is 2. The summed E-state index contributed by atoms with van der Waals surface area (Å²) in [6.07, 6.45) is 0.739. The quantitative estimate of drug-likeness (QED) is 0.633. The number of aryl methyl sites for hydroxylation is 2. The Morgan fingerprint density at radius 3 is 2.76 bits per heavy atom. The second-order valence-electron chi connectivity index (χ2n) is 7.79. The molecule has 2 aliphatic rings. The number of rotatable bonds is 4. The molecule has 1 aromatic carbocycles. The molecule has 1 fully saturated rings. The normalized spacial score (nSPS) is 23.8. The minimum atomic E-state index is -3.58. The second-order valence-corrected chi connectivity index (χ2v) is 10.7. The van der Waals surface area contributed by atoms with E-state index in [0.29, 0.717) is 18.0 Å². The molecule has 2 aliphatic heterocycles. The van der Waals surface area contributed by atoms with Gasteiger partial charge in [0.25, 0.3) is 0 Å². The highest BCUT2D eigenvalue weighted by molar-refractivity contribution is 7.89. The molecule has 1 atom stereocenters. The van der Waals surface area contributed by atoms with Crippen LogP contribution in [0.5, 0.6) is 0 Å². The molecule has 0 aliphatic carbocycles. The Kier molecular flexibility index (Phi) is 4.39. The molecular weight excluding hydrogens is 408 g/mol. The molecule has 1 saturated heterocycles. The van der Waals surface area contributed by atoms with Crippen LogP contribution in [0.1, 0.15) is 34.1 Å². The van der Waals surface area contributed by atoms with Crippen LogP contribution in [-0.2, 0) is 28.7 Å². The van der Waals surface area contributed by atoms with Crippen molar-refractivity contribution in [1.82, 2.24) is 19.3 Å². The standard InChI is InChI=1S/C20H22N4O3S2/c1-14-9-16(22-27-14)10-23-8-7-20(13-23)18-5-3-4-6-19(18)29(25,26)24(20)11-17-12-28-15(2)21-17/h3-6,9,12H,7-8,10-11,13H2,1-2H3. The summed E-state index contributed by atoms with van der Waals surface area (Å²) < 4.78 is 33.8. The zero-order valence-corrected chi connectivity index (χ0v) is 18.0. The van der Waals surface area contributed by atoms with Crippen LogP contribution in [0.15, 0.2) is 45.1 Å². The van der Waals surface area contributed by atoms with Gasteiger partial charge in [-0.25, -0.2) is 13.4 Å². The van der Waals surface area contributed by atoms with Crippen molar-refractivity contribution in [3.63, 3.8) is 0 Å². The van der Waals surface area contributed by atoms with Gasteiger partial charge in [-0.1, -0.05) is 23.4 Å². The lowest BCUT2D eigenvalue weighted by Gasteiger charge is -2.33. The Bertz CT molecular complexity index is 1170. The average Bonchev–Trinajstić information content (AvgIpc) is 3.43. The molecule has 29 heavy (non-hydrogen) atoms. The van der Waals surface area contributed by atoms with Crippen molar-refractivity contribution < 1.29 is 12.9 Å². The number of nitrogens with zero attached hydrogens (tertiary/aromatic N) is 4. The Morgan fingerprint density at radius 2 is 2.03 bits per heavy atom. The summed E-state index contributed by atoms with van der Waals surface area (Å²) in [6, 6.07) is 9.34. The molecule has 1 unspecified atom stereocenters. The Labute approximate surface area is 174 Å². The number of aromatic nitrogens is 2. The number of thiazole rings is 1. The molecule has 3 aromatic rings. The lowest BCUT2D eigenvalue weighted by Crippen LogP contribution is -2.45. The van der Waals surface area contributed by atoms with Gasteiger partial charge < -0.3 is 4.52 Å². The molecule has 2 aromatic heterocycles. The number of benzene rings is 1. The Morgan fingerprint density at radius 1 is 1.21 bits per heavy atom. The summed E-state index contributed by atoms with van der Waals surface area (Å²) in [5.74, 6) is 0.781. The summed E-state index contributed by atoms with van der Waals surface area (Å²) in [4.78, 5) is 7.20. The van der Waals surface area contributed by atoms with E-state index in [2.05, 4.69) is 15.0 Å². The van der Waals surface area contributed by atoms with Gasteiger partial charge >= 0.3 is 0 Å². The maximum Gasteiger partial charge on any atom is 0.244 e. The lowest BCUT2D eigenvalue weighted by molar-refractivity contribution is 0.182. The molecule has 9 heteroatoms. The maximum atomic E-state index is 13.5. The third-order valence-corrected chi connectivity index (χ3v) is 8.59. The minimum Gasteiger partial charge on any atom is -0.361 e. The van der Waals surface area contributed by atoms with Crippen molar-refractivity contribution in [3.8, 4) is 0 Å². The number of sulfonamides is 1. The van der Waals surface area contributed by atoms with E-state index >= 15 is 0 Å². The molecule has 5 rings (SSSR count). The van der Waals surface area contributed by atoms with Crippen LogP contribution in [0, 0.1) is 13.8 Å². The molecule has 7 nitrogen and oxygen atoms in total. The first-order valence-corrected chi connectivity index (χ1v) is 11.9. The van der Waals surface area contributed by atoms with Crippen molar-refractivity contribution in [3.05, 3.63) is 63.4 Å². The monoisotopic (exact) mass is 430 g/mol. The number of hydrogen-bond donors (Lipinski definition) is 0. The van der Waals surface area contributed by atoms with Crippen LogP contribution in [0.4, 0.5) is 0 Å². The molecule has 152 valence electrons. The Hall–Kier alpha value is -2.07. The van der Waals surface area contributed by atoms with Gasteiger partial charge in [-0.3, -0.25) is 4.90 Å². The van der Waals surface area contributed by atoms with E-state index < -0.39 is 15.6 Å². The second kappa shape index (κ2) is 6.73. The largest absolute Gasteiger partial charge is 0.361 e. The molecule has 0 amide bonds. The van der Waals surface area contributed by atoms with Gasteiger partial charge in [-0.15, -0.1) is 11.3 Å². The van der Waals surface area contributed by atoms with Gasteiger partial charge in [0.05, 0.1) is 33.4 Å². The van der Waals surface area contributed by atoms with E-state index in [4.69, 9.17) is 4.52 Å². The Balaban J connectivity index is 1.53. The van der Waals surface area contributed by atoms with Gasteiger partial charge in [-0.2, -0.15) is 4.31 Å². The zero-order chi connectivity index (χ0) is 20.2. The minimum absolute atomic E-state index is 0.290. The van der Waals surface area contributed by atoms with Crippen molar-refractivity contribution >= 4 is 21.4 Å². The van der Waals surface area contributed by atoms with Gasteiger partial charge in [0.2, 0.25) is 10.0 Å². The van der Waals surface area contributed by atoms with Crippen LogP contribution in [-0.4, -0.2) is 40.9 Å². The predicted octanol–water partition coefficient (Wildman–Crippen LogP) is 3.05. The molecule has 0 saturated carbocycles. The first-order chi connectivity index (χ1) is 13.9. The van der Waals surface area contributed by atoms with Crippen molar-refractivity contribution in [1.29, 1.82) is 0 Å². The summed E-state index contributed by atoms with van der Waals surface area (Å²) in [7, 11) is -3.58. The smallest absolute Gasteiger partial charge is 0.244 e. The van der Waals surface area contributed by atoms with Gasteiger partial charge in [-0.05, 0) is 31.9 Å². The van der Waals surface area contributed by atoms with Crippen LogP contribution < -0.4 is 0 Å². The van der Waals surface area contributed by atoms with E-state index in [-0.39, 0.29) is 6.54 Å². The first-order valence-electron chi connectivity index (χ1n) is 9.56. The fourth-order valence-electron chi connectivity index (χ4n) is 4.57. The molecule has 4 heterocycles. The summed E-state index contributed by atoms with van der Waals surface area (Å²) in [5, 5.41) is 6.99. The van der Waals surface area contributed by atoms with Crippen LogP contribution in [0.25, 0.3) is 0 Å². The highest BCUT2D eigenvalue weighted by Crippen LogP contribution is 2.50. The fourth-order valence-corrected chi connectivity index (χ4v) is 7.21. The van der Waals surface area contributed by atoms with E-state index in [0.717, 1.165) is 40.7 Å². The first kappa shape index (κ1) is 18.9. The molecular formula is C20H22N4O3S2. The van der Waals surface area contributed by atoms with E-state index in [1.807, 2.05) is 37.4 Å². The molecule has 0 radical (unpaired) electrons. The third-order valence-electron chi connectivity index (χ3n) is 5.80. The molecule has 0 bridgehead atoms.